The van der Waals surface area contributed by atoms with Crippen molar-refractivity contribution in [3.63, 3.8) is 0 Å². The third-order valence-electron chi connectivity index (χ3n) is 1.76. The van der Waals surface area contributed by atoms with Gasteiger partial charge in [0.1, 0.15) is 6.29 Å². The molecule has 0 saturated carbocycles. The van der Waals surface area contributed by atoms with Crippen LogP contribution in [0.1, 0.15) is 22.3 Å². The van der Waals surface area contributed by atoms with Gasteiger partial charge in [0.25, 0.3) is 0 Å². The molecule has 0 N–H and O–H groups in total. The Morgan fingerprint density at radius 2 is 2.31 bits per heavy atom. The van der Waals surface area contributed by atoms with Gasteiger partial charge in [0.15, 0.2) is 0 Å². The van der Waals surface area contributed by atoms with Gasteiger partial charge in [-0.25, -0.2) is 0 Å². The largest absolute Gasteiger partial charge is 0.298 e. The molecule has 0 aromatic heterocycles. The van der Waals surface area contributed by atoms with Crippen molar-refractivity contribution in [3.05, 3.63) is 29.3 Å². The molecule has 1 aromatic rings. The molecule has 0 radical (unpaired) electrons. The molecule has 3 heteroatoms. The highest BCUT2D eigenvalue weighted by Gasteiger charge is 2.01. The van der Waals surface area contributed by atoms with Crippen molar-refractivity contribution < 1.29 is 4.79 Å². The summed E-state index contributed by atoms with van der Waals surface area (Å²) >= 11 is 4.16. The number of nitriles is 1. The molecule has 0 amide bonds. The van der Waals surface area contributed by atoms with Gasteiger partial charge in [-0.1, -0.05) is 6.07 Å². The van der Waals surface area contributed by atoms with E-state index in [-0.39, 0.29) is 0 Å². The Morgan fingerprint density at radius 1 is 1.54 bits per heavy atom. The first kappa shape index (κ1) is 9.82. The fraction of sp³-hybridized carbons (Fsp3) is 0.200. The molecule has 1 aromatic carbocycles. The molecule has 0 saturated heterocycles. The Labute approximate surface area is 82.6 Å². The number of hydrogen-bond donors (Lipinski definition) is 1. The Bertz CT molecular complexity index is 354. The van der Waals surface area contributed by atoms with E-state index in [9.17, 15) is 4.79 Å². The smallest absolute Gasteiger partial charge is 0.150 e. The van der Waals surface area contributed by atoms with Crippen LogP contribution in [-0.2, 0) is 6.42 Å². The van der Waals surface area contributed by atoms with E-state index in [0.717, 1.165) is 16.7 Å². The van der Waals surface area contributed by atoms with Crippen LogP contribution in [0.5, 0.6) is 0 Å². The Hall–Kier alpha value is -1.27. The quantitative estimate of drug-likeness (QED) is 0.588. The van der Waals surface area contributed by atoms with E-state index in [1.807, 2.05) is 12.1 Å². The first-order valence-corrected chi connectivity index (χ1v) is 4.36. The molecule has 0 unspecified atom stereocenters. The summed E-state index contributed by atoms with van der Waals surface area (Å²) in [5.74, 6) is 0. The number of benzene rings is 1. The lowest BCUT2D eigenvalue weighted by Gasteiger charge is -2.02. The minimum Gasteiger partial charge on any atom is -0.298 e. The lowest BCUT2D eigenvalue weighted by Crippen LogP contribution is -1.92. The predicted molar refractivity (Wildman–Crippen MR) is 53.0 cm³/mol. The highest BCUT2D eigenvalue weighted by molar-refractivity contribution is 7.80. The standard InChI is InChI=1S/C10H9NOS/c11-5-1-2-8-6-10(13)4-3-9(8)7-12/h3-4,6-7,13H,1-2H2. The first-order chi connectivity index (χ1) is 6.27. The zero-order valence-corrected chi connectivity index (χ0v) is 7.92. The van der Waals surface area contributed by atoms with Crippen molar-refractivity contribution in [1.29, 1.82) is 5.26 Å². The second-order valence-corrected chi connectivity index (χ2v) is 3.18. The van der Waals surface area contributed by atoms with Crippen LogP contribution in [0, 0.1) is 11.3 Å². The van der Waals surface area contributed by atoms with Gasteiger partial charge in [0.2, 0.25) is 0 Å². The van der Waals surface area contributed by atoms with E-state index in [1.165, 1.54) is 0 Å². The maximum atomic E-state index is 10.6. The van der Waals surface area contributed by atoms with Crippen LogP contribution in [-0.4, -0.2) is 6.29 Å². The van der Waals surface area contributed by atoms with E-state index >= 15 is 0 Å². The molecule has 0 atom stereocenters. The number of rotatable bonds is 3. The lowest BCUT2D eigenvalue weighted by atomic mass is 10.0. The molecule has 1 rings (SSSR count). The Kier molecular flexibility index (Phi) is 3.53. The molecule has 2 nitrogen and oxygen atoms in total. The summed E-state index contributed by atoms with van der Waals surface area (Å²) in [6.07, 6.45) is 1.84. The average Bonchev–Trinajstić information content (AvgIpc) is 2.15. The topological polar surface area (TPSA) is 40.9 Å². The summed E-state index contributed by atoms with van der Waals surface area (Å²) < 4.78 is 0. The third-order valence-corrected chi connectivity index (χ3v) is 2.04. The van der Waals surface area contributed by atoms with Crippen LogP contribution in [0.15, 0.2) is 23.1 Å². The van der Waals surface area contributed by atoms with E-state index in [1.54, 1.807) is 12.1 Å². The molecule has 66 valence electrons. The number of nitrogens with zero attached hydrogens (tertiary/aromatic N) is 1. The molecular formula is C10H9NOS. The third kappa shape index (κ3) is 2.60. The maximum absolute atomic E-state index is 10.6. The predicted octanol–water partition coefficient (Wildman–Crippen LogP) is 2.24. The lowest BCUT2D eigenvalue weighted by molar-refractivity contribution is 0.112. The zero-order chi connectivity index (χ0) is 9.68. The van der Waals surface area contributed by atoms with Crippen LogP contribution < -0.4 is 0 Å². The first-order valence-electron chi connectivity index (χ1n) is 3.92. The van der Waals surface area contributed by atoms with Gasteiger partial charge in [0, 0.05) is 16.9 Å². The molecule has 0 fully saturated rings. The second-order valence-electron chi connectivity index (χ2n) is 2.66. The number of carbonyl (C=O) groups excluding carboxylic acids is 1. The molecule has 13 heavy (non-hydrogen) atoms. The van der Waals surface area contributed by atoms with Crippen molar-refractivity contribution in [3.8, 4) is 6.07 Å². The summed E-state index contributed by atoms with van der Waals surface area (Å²) in [7, 11) is 0. The molecule has 0 aliphatic carbocycles. The molecule has 0 spiro atoms. The second kappa shape index (κ2) is 4.68. The van der Waals surface area contributed by atoms with E-state index in [0.29, 0.717) is 18.4 Å². The number of aryl methyl sites for hydroxylation is 1. The van der Waals surface area contributed by atoms with Gasteiger partial charge in [-0.3, -0.25) is 4.79 Å². The van der Waals surface area contributed by atoms with Crippen LogP contribution in [0.3, 0.4) is 0 Å². The van der Waals surface area contributed by atoms with E-state index in [4.69, 9.17) is 5.26 Å². The Morgan fingerprint density at radius 3 is 2.92 bits per heavy atom. The maximum Gasteiger partial charge on any atom is 0.150 e. The van der Waals surface area contributed by atoms with Crippen molar-refractivity contribution in [2.45, 2.75) is 17.7 Å². The fourth-order valence-corrected chi connectivity index (χ4v) is 1.34. The van der Waals surface area contributed by atoms with Crippen molar-refractivity contribution >= 4 is 18.9 Å². The zero-order valence-electron chi connectivity index (χ0n) is 7.03. The van der Waals surface area contributed by atoms with Crippen LogP contribution in [0.4, 0.5) is 0 Å². The van der Waals surface area contributed by atoms with Crippen LogP contribution >= 0.6 is 12.6 Å². The highest BCUT2D eigenvalue weighted by atomic mass is 32.1. The van der Waals surface area contributed by atoms with Crippen LogP contribution in [0.2, 0.25) is 0 Å². The summed E-state index contributed by atoms with van der Waals surface area (Å²) in [6.45, 7) is 0. The highest BCUT2D eigenvalue weighted by Crippen LogP contribution is 2.14. The number of thiol groups is 1. The minimum atomic E-state index is 0.429. The Balaban J connectivity index is 2.95. The van der Waals surface area contributed by atoms with Crippen molar-refractivity contribution in [2.24, 2.45) is 0 Å². The van der Waals surface area contributed by atoms with Crippen LogP contribution in [0.25, 0.3) is 0 Å². The minimum absolute atomic E-state index is 0.429. The van der Waals surface area contributed by atoms with Crippen molar-refractivity contribution in [2.75, 3.05) is 0 Å². The average molecular weight is 191 g/mol. The number of aldehydes is 1. The fourth-order valence-electron chi connectivity index (χ4n) is 1.11. The SMILES string of the molecule is N#CCCc1cc(S)ccc1C=O. The van der Waals surface area contributed by atoms with Crippen molar-refractivity contribution in [1.82, 2.24) is 0 Å². The summed E-state index contributed by atoms with van der Waals surface area (Å²) in [4.78, 5) is 11.4. The van der Waals surface area contributed by atoms with Gasteiger partial charge in [-0.05, 0) is 24.1 Å². The van der Waals surface area contributed by atoms with Gasteiger partial charge >= 0.3 is 0 Å². The number of carbonyl (C=O) groups is 1. The normalized spacial score (nSPS) is 9.23. The molecule has 0 heterocycles. The summed E-state index contributed by atoms with van der Waals surface area (Å²) in [5, 5.41) is 8.40. The summed E-state index contributed by atoms with van der Waals surface area (Å²) in [5.41, 5.74) is 1.54. The molecule has 0 aliphatic rings. The summed E-state index contributed by atoms with van der Waals surface area (Å²) in [6, 6.07) is 7.36. The molecule has 0 aliphatic heterocycles. The van der Waals surface area contributed by atoms with Gasteiger partial charge in [0.05, 0.1) is 6.07 Å². The van der Waals surface area contributed by atoms with E-state index < -0.39 is 0 Å². The number of hydrogen-bond acceptors (Lipinski definition) is 3. The molecular weight excluding hydrogens is 182 g/mol. The molecule has 0 bridgehead atoms. The van der Waals surface area contributed by atoms with E-state index in [2.05, 4.69) is 12.6 Å². The monoisotopic (exact) mass is 191 g/mol. The van der Waals surface area contributed by atoms with Gasteiger partial charge in [-0.2, -0.15) is 5.26 Å². The van der Waals surface area contributed by atoms with Gasteiger partial charge in [-0.15, -0.1) is 12.6 Å². The van der Waals surface area contributed by atoms with Gasteiger partial charge < -0.3 is 0 Å².